The van der Waals surface area contributed by atoms with Crippen LogP contribution in [0.4, 0.5) is 5.69 Å². The minimum Gasteiger partial charge on any atom is -0.369 e. The molecule has 0 aromatic heterocycles. The Morgan fingerprint density at radius 1 is 1.14 bits per heavy atom. The zero-order valence-electron chi connectivity index (χ0n) is 12.6. The van der Waals surface area contributed by atoms with Crippen molar-refractivity contribution in [1.29, 1.82) is 0 Å². The average molecular weight is 314 g/mol. The molecule has 2 aromatic carbocycles. The van der Waals surface area contributed by atoms with Gasteiger partial charge in [0.05, 0.1) is 11.4 Å². The maximum atomic E-state index is 12.5. The number of carbonyl (C=O) groups is 2. The molecule has 3 N–H and O–H groups in total. The lowest BCUT2D eigenvalue weighted by atomic mass is 10.1. The Balaban J connectivity index is 2.21. The summed E-state index contributed by atoms with van der Waals surface area (Å²) in [5.74, 6) is -0.370. The van der Waals surface area contributed by atoms with Crippen LogP contribution < -0.4 is 11.1 Å². The van der Waals surface area contributed by atoms with Crippen LogP contribution in [-0.4, -0.2) is 17.6 Å². The van der Waals surface area contributed by atoms with Crippen molar-refractivity contribution in [2.45, 2.75) is 18.7 Å². The van der Waals surface area contributed by atoms with Crippen LogP contribution in [0, 0.1) is 13.8 Å². The first-order valence-electron chi connectivity index (χ1n) is 6.86. The normalized spacial score (nSPS) is 10.3. The second-order valence-electron chi connectivity index (χ2n) is 5.02. The molecule has 0 saturated carbocycles. The predicted molar refractivity (Wildman–Crippen MR) is 90.2 cm³/mol. The number of anilines is 1. The van der Waals surface area contributed by atoms with Gasteiger partial charge in [-0.1, -0.05) is 29.8 Å². The SMILES string of the molecule is Cc1ccc(C)c(C(=O)Nc2ccccc2SCC(N)=O)c1. The van der Waals surface area contributed by atoms with Gasteiger partial charge in [-0.15, -0.1) is 11.8 Å². The molecule has 22 heavy (non-hydrogen) atoms. The van der Waals surface area contributed by atoms with Crippen molar-refractivity contribution in [3.05, 3.63) is 59.2 Å². The Kier molecular flexibility index (Phi) is 5.22. The molecule has 2 aromatic rings. The van der Waals surface area contributed by atoms with Crippen LogP contribution in [0.5, 0.6) is 0 Å². The van der Waals surface area contributed by atoms with Gasteiger partial charge in [-0.05, 0) is 37.6 Å². The molecule has 2 rings (SSSR count). The first-order valence-corrected chi connectivity index (χ1v) is 7.84. The highest BCUT2D eigenvalue weighted by molar-refractivity contribution is 8.00. The van der Waals surface area contributed by atoms with E-state index in [0.29, 0.717) is 11.3 Å². The largest absolute Gasteiger partial charge is 0.369 e. The van der Waals surface area contributed by atoms with Gasteiger partial charge in [0.1, 0.15) is 0 Å². The molecule has 0 radical (unpaired) electrons. The molecule has 2 amide bonds. The lowest BCUT2D eigenvalue weighted by molar-refractivity contribution is -0.115. The number of hydrogen-bond donors (Lipinski definition) is 2. The highest BCUT2D eigenvalue weighted by atomic mass is 32.2. The van der Waals surface area contributed by atoms with E-state index in [1.54, 1.807) is 0 Å². The standard InChI is InChI=1S/C17H18N2O2S/c1-11-7-8-12(2)13(9-11)17(21)19-14-5-3-4-6-15(14)22-10-16(18)20/h3-9H,10H2,1-2H3,(H2,18,20)(H,19,21). The van der Waals surface area contributed by atoms with Crippen molar-refractivity contribution in [3.8, 4) is 0 Å². The molecule has 4 nitrogen and oxygen atoms in total. The van der Waals surface area contributed by atoms with E-state index in [2.05, 4.69) is 5.32 Å². The summed E-state index contributed by atoms with van der Waals surface area (Å²) in [6, 6.07) is 13.1. The van der Waals surface area contributed by atoms with Crippen LogP contribution in [0.3, 0.4) is 0 Å². The summed E-state index contributed by atoms with van der Waals surface area (Å²) in [6.45, 7) is 3.86. The fraction of sp³-hybridized carbons (Fsp3) is 0.176. The Labute approximate surface area is 134 Å². The number of rotatable bonds is 5. The summed E-state index contributed by atoms with van der Waals surface area (Å²) in [5, 5.41) is 2.91. The summed E-state index contributed by atoms with van der Waals surface area (Å²) in [4.78, 5) is 24.2. The molecule has 0 fully saturated rings. The fourth-order valence-electron chi connectivity index (χ4n) is 2.01. The van der Waals surface area contributed by atoms with E-state index in [1.165, 1.54) is 11.8 Å². The first-order chi connectivity index (χ1) is 10.5. The summed E-state index contributed by atoms with van der Waals surface area (Å²) in [7, 11) is 0. The van der Waals surface area contributed by atoms with Crippen molar-refractivity contribution in [3.63, 3.8) is 0 Å². The third kappa shape index (κ3) is 4.11. The molecular formula is C17H18N2O2S. The zero-order chi connectivity index (χ0) is 16.1. The number of primary amides is 1. The van der Waals surface area contributed by atoms with Crippen molar-refractivity contribution in [2.24, 2.45) is 5.73 Å². The van der Waals surface area contributed by atoms with Gasteiger partial charge in [0.25, 0.3) is 5.91 Å². The van der Waals surface area contributed by atoms with Gasteiger partial charge in [-0.25, -0.2) is 0 Å². The summed E-state index contributed by atoms with van der Waals surface area (Å²) in [6.07, 6.45) is 0. The topological polar surface area (TPSA) is 72.2 Å². The van der Waals surface area contributed by atoms with Crippen molar-refractivity contribution < 1.29 is 9.59 Å². The number of aryl methyl sites for hydroxylation is 2. The van der Waals surface area contributed by atoms with Crippen LogP contribution >= 0.6 is 11.8 Å². The zero-order valence-corrected chi connectivity index (χ0v) is 13.4. The second-order valence-corrected chi connectivity index (χ2v) is 6.04. The predicted octanol–water partition coefficient (Wildman–Crippen LogP) is 3.13. The highest BCUT2D eigenvalue weighted by Crippen LogP contribution is 2.27. The number of para-hydroxylation sites is 1. The van der Waals surface area contributed by atoms with Gasteiger partial charge >= 0.3 is 0 Å². The quantitative estimate of drug-likeness (QED) is 0.833. The van der Waals surface area contributed by atoms with Gasteiger partial charge < -0.3 is 11.1 Å². The molecule has 0 aliphatic heterocycles. The van der Waals surface area contributed by atoms with E-state index in [-0.39, 0.29) is 17.6 Å². The van der Waals surface area contributed by atoms with Gasteiger partial charge in [0.2, 0.25) is 5.91 Å². The van der Waals surface area contributed by atoms with E-state index < -0.39 is 0 Å². The van der Waals surface area contributed by atoms with Gasteiger partial charge in [-0.2, -0.15) is 0 Å². The van der Waals surface area contributed by atoms with Gasteiger partial charge in [0.15, 0.2) is 0 Å². The van der Waals surface area contributed by atoms with Gasteiger partial charge in [0, 0.05) is 10.5 Å². The molecule has 0 bridgehead atoms. The number of hydrogen-bond acceptors (Lipinski definition) is 3. The Morgan fingerprint density at radius 2 is 1.86 bits per heavy atom. The number of amides is 2. The molecule has 0 aliphatic rings. The Bertz CT molecular complexity index is 714. The molecule has 0 aliphatic carbocycles. The smallest absolute Gasteiger partial charge is 0.255 e. The van der Waals surface area contributed by atoms with E-state index in [0.717, 1.165) is 16.0 Å². The molecule has 5 heteroatoms. The number of benzene rings is 2. The van der Waals surface area contributed by atoms with Crippen LogP contribution in [0.2, 0.25) is 0 Å². The number of carbonyl (C=O) groups excluding carboxylic acids is 2. The fourth-order valence-corrected chi connectivity index (χ4v) is 2.76. The maximum absolute atomic E-state index is 12.5. The molecule has 114 valence electrons. The molecule has 0 saturated heterocycles. The first kappa shape index (κ1) is 16.1. The lowest BCUT2D eigenvalue weighted by Crippen LogP contribution is -2.15. The van der Waals surface area contributed by atoms with Crippen LogP contribution in [0.25, 0.3) is 0 Å². The second kappa shape index (κ2) is 7.13. The third-order valence-electron chi connectivity index (χ3n) is 3.14. The summed E-state index contributed by atoms with van der Waals surface area (Å²) < 4.78 is 0. The van der Waals surface area contributed by atoms with E-state index in [4.69, 9.17) is 5.73 Å². The molecule has 0 spiro atoms. The average Bonchev–Trinajstić information content (AvgIpc) is 2.48. The minimum atomic E-state index is -0.388. The molecule has 0 atom stereocenters. The Hall–Kier alpha value is -2.27. The number of nitrogens with one attached hydrogen (secondary N) is 1. The summed E-state index contributed by atoms with van der Waals surface area (Å²) in [5.41, 5.74) is 8.46. The molecule has 0 heterocycles. The van der Waals surface area contributed by atoms with E-state index >= 15 is 0 Å². The van der Waals surface area contributed by atoms with Crippen molar-refractivity contribution in [2.75, 3.05) is 11.1 Å². The monoisotopic (exact) mass is 314 g/mol. The lowest BCUT2D eigenvalue weighted by Gasteiger charge is -2.12. The van der Waals surface area contributed by atoms with Crippen LogP contribution in [0.15, 0.2) is 47.4 Å². The van der Waals surface area contributed by atoms with Gasteiger partial charge in [-0.3, -0.25) is 9.59 Å². The number of thioether (sulfide) groups is 1. The van der Waals surface area contributed by atoms with E-state index in [9.17, 15) is 9.59 Å². The number of nitrogens with two attached hydrogens (primary N) is 1. The van der Waals surface area contributed by atoms with Crippen molar-refractivity contribution >= 4 is 29.3 Å². The Morgan fingerprint density at radius 3 is 2.59 bits per heavy atom. The molecule has 0 unspecified atom stereocenters. The third-order valence-corrected chi connectivity index (χ3v) is 4.24. The van der Waals surface area contributed by atoms with Crippen molar-refractivity contribution in [1.82, 2.24) is 0 Å². The van der Waals surface area contributed by atoms with Crippen LogP contribution in [0.1, 0.15) is 21.5 Å². The maximum Gasteiger partial charge on any atom is 0.255 e. The molecular weight excluding hydrogens is 296 g/mol. The highest BCUT2D eigenvalue weighted by Gasteiger charge is 2.12. The van der Waals surface area contributed by atoms with E-state index in [1.807, 2.05) is 56.3 Å². The van der Waals surface area contributed by atoms with Crippen LogP contribution in [-0.2, 0) is 4.79 Å². The summed E-state index contributed by atoms with van der Waals surface area (Å²) >= 11 is 1.31. The minimum absolute atomic E-state index is 0.159.